The predicted octanol–water partition coefficient (Wildman–Crippen LogP) is 2.44. The van der Waals surface area contributed by atoms with Crippen molar-refractivity contribution in [3.63, 3.8) is 0 Å². The topological polar surface area (TPSA) is 21.3 Å². The standard InChI is InChI=1S/C12H15NO/c1-4-5-8-13-11-6-7-12(14-3)10(2)9-11/h6-7,9,13H,8H2,1-3H3. The van der Waals surface area contributed by atoms with E-state index in [-0.39, 0.29) is 0 Å². The van der Waals surface area contributed by atoms with E-state index in [1.54, 1.807) is 7.11 Å². The van der Waals surface area contributed by atoms with Crippen LogP contribution in [-0.2, 0) is 0 Å². The van der Waals surface area contributed by atoms with Crippen LogP contribution < -0.4 is 10.1 Å². The molecule has 1 aromatic rings. The van der Waals surface area contributed by atoms with Crippen LogP contribution in [0.4, 0.5) is 5.69 Å². The number of benzene rings is 1. The summed E-state index contributed by atoms with van der Waals surface area (Å²) >= 11 is 0. The van der Waals surface area contributed by atoms with Crippen LogP contribution in [0.1, 0.15) is 12.5 Å². The Labute approximate surface area is 85.3 Å². The Morgan fingerprint density at radius 2 is 2.21 bits per heavy atom. The van der Waals surface area contributed by atoms with Crippen LogP contribution in [0.5, 0.6) is 5.75 Å². The van der Waals surface area contributed by atoms with Gasteiger partial charge in [-0.1, -0.05) is 5.92 Å². The minimum atomic E-state index is 0.683. The molecule has 0 amide bonds. The Kier molecular flexibility index (Phi) is 3.87. The van der Waals surface area contributed by atoms with Crippen molar-refractivity contribution in [2.45, 2.75) is 13.8 Å². The molecule has 0 aliphatic rings. The van der Waals surface area contributed by atoms with Crippen molar-refractivity contribution < 1.29 is 4.74 Å². The van der Waals surface area contributed by atoms with Gasteiger partial charge in [0, 0.05) is 5.69 Å². The fourth-order valence-corrected chi connectivity index (χ4v) is 1.22. The summed E-state index contributed by atoms with van der Waals surface area (Å²) in [5, 5.41) is 3.21. The van der Waals surface area contributed by atoms with Gasteiger partial charge in [0.25, 0.3) is 0 Å². The van der Waals surface area contributed by atoms with E-state index in [0.717, 1.165) is 17.0 Å². The molecule has 0 aliphatic carbocycles. The first-order valence-corrected chi connectivity index (χ1v) is 4.56. The van der Waals surface area contributed by atoms with Crippen molar-refractivity contribution in [3.05, 3.63) is 23.8 Å². The maximum atomic E-state index is 5.17. The van der Waals surface area contributed by atoms with Gasteiger partial charge in [0.2, 0.25) is 0 Å². The largest absolute Gasteiger partial charge is 0.496 e. The number of aryl methyl sites for hydroxylation is 1. The molecule has 14 heavy (non-hydrogen) atoms. The second-order valence-corrected chi connectivity index (χ2v) is 2.96. The minimum Gasteiger partial charge on any atom is -0.496 e. The summed E-state index contributed by atoms with van der Waals surface area (Å²) in [7, 11) is 1.68. The van der Waals surface area contributed by atoms with E-state index in [4.69, 9.17) is 4.74 Å². The van der Waals surface area contributed by atoms with Gasteiger partial charge >= 0.3 is 0 Å². The average molecular weight is 189 g/mol. The highest BCUT2D eigenvalue weighted by atomic mass is 16.5. The maximum Gasteiger partial charge on any atom is 0.121 e. The van der Waals surface area contributed by atoms with Crippen LogP contribution in [-0.4, -0.2) is 13.7 Å². The second kappa shape index (κ2) is 5.18. The second-order valence-electron chi connectivity index (χ2n) is 2.96. The minimum absolute atomic E-state index is 0.683. The van der Waals surface area contributed by atoms with Gasteiger partial charge in [-0.05, 0) is 37.6 Å². The molecule has 0 aliphatic heterocycles. The van der Waals surface area contributed by atoms with Crippen molar-refractivity contribution in [3.8, 4) is 17.6 Å². The summed E-state index contributed by atoms with van der Waals surface area (Å²) < 4.78 is 5.17. The summed E-state index contributed by atoms with van der Waals surface area (Å²) in [5.74, 6) is 6.70. The molecular formula is C12H15NO. The van der Waals surface area contributed by atoms with E-state index >= 15 is 0 Å². The molecule has 0 radical (unpaired) electrons. The molecular weight excluding hydrogens is 174 g/mol. The predicted molar refractivity (Wildman–Crippen MR) is 59.7 cm³/mol. The van der Waals surface area contributed by atoms with E-state index in [0.29, 0.717) is 6.54 Å². The van der Waals surface area contributed by atoms with Crippen molar-refractivity contribution in [2.75, 3.05) is 19.0 Å². The lowest BCUT2D eigenvalue weighted by Gasteiger charge is -2.07. The number of nitrogens with one attached hydrogen (secondary N) is 1. The third-order valence-corrected chi connectivity index (χ3v) is 1.95. The quantitative estimate of drug-likeness (QED) is 0.737. The zero-order chi connectivity index (χ0) is 10.4. The van der Waals surface area contributed by atoms with E-state index in [1.807, 2.05) is 26.0 Å². The molecule has 1 N–H and O–H groups in total. The first-order chi connectivity index (χ1) is 6.77. The first kappa shape index (κ1) is 10.5. The third-order valence-electron chi connectivity index (χ3n) is 1.95. The Morgan fingerprint density at radius 3 is 2.79 bits per heavy atom. The van der Waals surface area contributed by atoms with Gasteiger partial charge in [-0.2, -0.15) is 0 Å². The Morgan fingerprint density at radius 1 is 1.43 bits per heavy atom. The molecule has 0 fully saturated rings. The van der Waals surface area contributed by atoms with Crippen molar-refractivity contribution in [1.29, 1.82) is 0 Å². The zero-order valence-electron chi connectivity index (χ0n) is 8.85. The van der Waals surface area contributed by atoms with Crippen molar-refractivity contribution >= 4 is 5.69 Å². The van der Waals surface area contributed by atoms with E-state index in [2.05, 4.69) is 23.2 Å². The molecule has 2 nitrogen and oxygen atoms in total. The molecule has 74 valence electrons. The van der Waals surface area contributed by atoms with Crippen LogP contribution in [0.2, 0.25) is 0 Å². The van der Waals surface area contributed by atoms with Crippen LogP contribution >= 0.6 is 0 Å². The summed E-state index contributed by atoms with van der Waals surface area (Å²) in [6.45, 7) is 4.54. The molecule has 0 unspecified atom stereocenters. The number of ether oxygens (including phenoxy) is 1. The molecule has 0 saturated heterocycles. The molecule has 0 bridgehead atoms. The molecule has 1 rings (SSSR count). The highest BCUT2D eigenvalue weighted by Gasteiger charge is 1.97. The van der Waals surface area contributed by atoms with Gasteiger partial charge < -0.3 is 10.1 Å². The maximum absolute atomic E-state index is 5.17. The van der Waals surface area contributed by atoms with Gasteiger partial charge in [0.05, 0.1) is 13.7 Å². The van der Waals surface area contributed by atoms with E-state index in [9.17, 15) is 0 Å². The van der Waals surface area contributed by atoms with E-state index < -0.39 is 0 Å². The van der Waals surface area contributed by atoms with E-state index in [1.165, 1.54) is 0 Å². The van der Waals surface area contributed by atoms with Crippen molar-refractivity contribution in [2.24, 2.45) is 0 Å². The highest BCUT2D eigenvalue weighted by molar-refractivity contribution is 5.51. The number of hydrogen-bond donors (Lipinski definition) is 1. The summed E-state index contributed by atoms with van der Waals surface area (Å²) in [6, 6.07) is 6.00. The molecule has 0 heterocycles. The normalized spacial score (nSPS) is 8.79. The lowest BCUT2D eigenvalue weighted by atomic mass is 10.2. The lowest BCUT2D eigenvalue weighted by Crippen LogP contribution is -1.99. The van der Waals surface area contributed by atoms with Gasteiger partial charge in [0.15, 0.2) is 0 Å². The zero-order valence-corrected chi connectivity index (χ0v) is 8.85. The van der Waals surface area contributed by atoms with Crippen LogP contribution in [0.15, 0.2) is 18.2 Å². The lowest BCUT2D eigenvalue weighted by molar-refractivity contribution is 0.412. The number of methoxy groups -OCH3 is 1. The molecule has 2 heteroatoms. The Balaban J connectivity index is 2.69. The molecule has 0 aromatic heterocycles. The Bertz CT molecular complexity index is 360. The monoisotopic (exact) mass is 189 g/mol. The number of rotatable bonds is 3. The third kappa shape index (κ3) is 2.70. The number of hydrogen-bond acceptors (Lipinski definition) is 2. The summed E-state index contributed by atoms with van der Waals surface area (Å²) in [5.41, 5.74) is 2.20. The van der Waals surface area contributed by atoms with Crippen LogP contribution in [0, 0.1) is 18.8 Å². The van der Waals surface area contributed by atoms with Crippen LogP contribution in [0.3, 0.4) is 0 Å². The summed E-state index contributed by atoms with van der Waals surface area (Å²) in [4.78, 5) is 0. The smallest absolute Gasteiger partial charge is 0.121 e. The SMILES string of the molecule is CC#CCNc1ccc(OC)c(C)c1. The van der Waals surface area contributed by atoms with Gasteiger partial charge in [0.1, 0.15) is 5.75 Å². The summed E-state index contributed by atoms with van der Waals surface area (Å²) in [6.07, 6.45) is 0. The average Bonchev–Trinajstić information content (AvgIpc) is 2.18. The van der Waals surface area contributed by atoms with Crippen molar-refractivity contribution in [1.82, 2.24) is 0 Å². The van der Waals surface area contributed by atoms with Crippen LogP contribution in [0.25, 0.3) is 0 Å². The number of anilines is 1. The molecule has 0 spiro atoms. The first-order valence-electron chi connectivity index (χ1n) is 4.56. The molecule has 1 aromatic carbocycles. The molecule has 0 saturated carbocycles. The highest BCUT2D eigenvalue weighted by Crippen LogP contribution is 2.20. The Hall–Kier alpha value is -1.62. The van der Waals surface area contributed by atoms with Gasteiger partial charge in [-0.3, -0.25) is 0 Å². The van der Waals surface area contributed by atoms with Gasteiger partial charge in [-0.15, -0.1) is 5.92 Å². The molecule has 0 atom stereocenters. The fraction of sp³-hybridized carbons (Fsp3) is 0.333. The fourth-order valence-electron chi connectivity index (χ4n) is 1.22. The van der Waals surface area contributed by atoms with Gasteiger partial charge in [-0.25, -0.2) is 0 Å².